The van der Waals surface area contributed by atoms with E-state index >= 15 is 0 Å². The van der Waals surface area contributed by atoms with Gasteiger partial charge in [0.15, 0.2) is 0 Å². The van der Waals surface area contributed by atoms with Crippen LogP contribution in [0, 0.1) is 0 Å². The summed E-state index contributed by atoms with van der Waals surface area (Å²) in [5.41, 5.74) is 25.0. The van der Waals surface area contributed by atoms with Crippen molar-refractivity contribution in [2.24, 2.45) is 0 Å². The summed E-state index contributed by atoms with van der Waals surface area (Å²) in [5, 5.41) is 2.50. The number of anilines is 3. The van der Waals surface area contributed by atoms with Crippen LogP contribution < -0.4 is 9.64 Å². The van der Waals surface area contributed by atoms with Crippen molar-refractivity contribution in [3.8, 4) is 78.3 Å². The first-order chi connectivity index (χ1) is 34.5. The van der Waals surface area contributed by atoms with Gasteiger partial charge < -0.3 is 9.64 Å². The molecule has 4 aliphatic rings. The van der Waals surface area contributed by atoms with Gasteiger partial charge in [0.1, 0.15) is 11.5 Å². The van der Waals surface area contributed by atoms with Gasteiger partial charge in [-0.25, -0.2) is 0 Å². The Kier molecular flexibility index (Phi) is 8.08. The molecule has 2 heteroatoms. The molecule has 1 atom stereocenters. The molecule has 1 spiro atoms. The summed E-state index contributed by atoms with van der Waals surface area (Å²) in [5.74, 6) is 1.70. The minimum Gasteiger partial charge on any atom is -0.456 e. The Labute approximate surface area is 408 Å². The molecule has 11 aromatic carbocycles. The topological polar surface area (TPSA) is 12.5 Å². The third-order valence-corrected chi connectivity index (χ3v) is 16.1. The Morgan fingerprint density at radius 2 is 0.686 bits per heavy atom. The fourth-order valence-electron chi connectivity index (χ4n) is 13.0. The molecule has 1 aliphatic heterocycles. The fraction of sp³-hybridized carbons (Fsp3) is 0.0588. The van der Waals surface area contributed by atoms with Crippen LogP contribution in [0.25, 0.3) is 77.5 Å². The minimum absolute atomic E-state index is 0.182. The Balaban J connectivity index is 1.02. The van der Waals surface area contributed by atoms with E-state index in [1.165, 1.54) is 88.7 Å². The molecule has 15 rings (SSSR count). The van der Waals surface area contributed by atoms with Crippen LogP contribution in [-0.2, 0) is 10.8 Å². The lowest BCUT2D eigenvalue weighted by Crippen LogP contribution is -2.29. The number of nitrogens with zero attached hydrogens (tertiary/aromatic N) is 1. The minimum atomic E-state index is -0.603. The van der Waals surface area contributed by atoms with E-state index in [9.17, 15) is 0 Å². The van der Waals surface area contributed by atoms with Gasteiger partial charge in [-0.2, -0.15) is 0 Å². The highest BCUT2D eigenvalue weighted by Gasteiger charge is 2.50. The third kappa shape index (κ3) is 5.28. The molecule has 1 unspecified atom stereocenters. The number of benzene rings is 11. The van der Waals surface area contributed by atoms with Crippen molar-refractivity contribution in [1.29, 1.82) is 0 Å². The zero-order chi connectivity index (χ0) is 46.3. The molecular formula is C68H45NO. The highest BCUT2D eigenvalue weighted by molar-refractivity contribution is 6.02. The van der Waals surface area contributed by atoms with Crippen LogP contribution in [-0.4, -0.2) is 0 Å². The standard InChI is InChI=1S/C68H45NO/c1-67(2)59-27-13-9-24-52(59)54-34-31-46(41-63(54)67)69(45-33-36-66-58(40-45)50-22-8-6-20-48(50)55-26-12-16-30-65(55)70-66)44-32-35-62-57(39-44)49-21-7-5-19-47(49)51-23-10-14-28-60(51)68(62)61-29-15-11-25-53(61)56-37-42-17-3-4-18-43(42)38-64(56)68/h3-41H,1-2H3. The van der Waals surface area contributed by atoms with Crippen molar-refractivity contribution in [2.75, 3.05) is 4.90 Å². The molecule has 0 saturated heterocycles. The predicted octanol–water partition coefficient (Wildman–Crippen LogP) is 18.1. The van der Waals surface area contributed by atoms with Gasteiger partial charge in [-0.1, -0.05) is 190 Å². The molecular weight excluding hydrogens is 847 g/mol. The fourth-order valence-corrected chi connectivity index (χ4v) is 13.0. The number of rotatable bonds is 3. The van der Waals surface area contributed by atoms with Gasteiger partial charge in [-0.3, -0.25) is 0 Å². The normalized spacial score (nSPS) is 15.6. The van der Waals surface area contributed by atoms with Gasteiger partial charge in [0, 0.05) is 33.6 Å². The van der Waals surface area contributed by atoms with Gasteiger partial charge in [-0.05, 0) is 160 Å². The maximum Gasteiger partial charge on any atom is 0.135 e. The SMILES string of the molecule is CC1(C)c2ccccc2-c2ccc(N(c3ccc4c(c3)-c3ccccc3-c3ccccc3O4)c3ccc4c(c3)-c3ccccc3-c3ccccc3C43c4ccccc4-c4cc5ccccc5cc43)cc21. The van der Waals surface area contributed by atoms with E-state index in [1.54, 1.807) is 0 Å². The number of hydrogen-bond donors (Lipinski definition) is 0. The molecule has 328 valence electrons. The van der Waals surface area contributed by atoms with Crippen molar-refractivity contribution in [3.63, 3.8) is 0 Å². The quantitative estimate of drug-likeness (QED) is 0.175. The highest BCUT2D eigenvalue weighted by Crippen LogP contribution is 2.63. The number of para-hydroxylation sites is 1. The van der Waals surface area contributed by atoms with Crippen molar-refractivity contribution in [1.82, 2.24) is 0 Å². The molecule has 0 saturated carbocycles. The second-order valence-electron chi connectivity index (χ2n) is 19.9. The Bertz CT molecular complexity index is 4040. The maximum absolute atomic E-state index is 6.83. The van der Waals surface area contributed by atoms with E-state index < -0.39 is 5.41 Å². The monoisotopic (exact) mass is 891 g/mol. The van der Waals surface area contributed by atoms with Crippen LogP contribution in [0.5, 0.6) is 11.5 Å². The molecule has 70 heavy (non-hydrogen) atoms. The largest absolute Gasteiger partial charge is 0.456 e. The van der Waals surface area contributed by atoms with E-state index in [0.717, 1.165) is 50.8 Å². The third-order valence-electron chi connectivity index (χ3n) is 16.1. The summed E-state index contributed by atoms with van der Waals surface area (Å²) in [6.45, 7) is 4.74. The molecule has 2 nitrogen and oxygen atoms in total. The summed E-state index contributed by atoms with van der Waals surface area (Å²) in [7, 11) is 0. The van der Waals surface area contributed by atoms with Crippen molar-refractivity contribution >= 4 is 27.8 Å². The van der Waals surface area contributed by atoms with Crippen molar-refractivity contribution in [3.05, 3.63) is 270 Å². The summed E-state index contributed by atoms with van der Waals surface area (Å²) in [6, 6.07) is 88.4. The van der Waals surface area contributed by atoms with Crippen LogP contribution in [0.15, 0.2) is 237 Å². The average Bonchev–Trinajstić information content (AvgIpc) is 3.71. The van der Waals surface area contributed by atoms with E-state index in [-0.39, 0.29) is 5.41 Å². The van der Waals surface area contributed by atoms with E-state index in [4.69, 9.17) is 4.74 Å². The van der Waals surface area contributed by atoms with Crippen LogP contribution in [0.3, 0.4) is 0 Å². The average molecular weight is 892 g/mol. The highest BCUT2D eigenvalue weighted by atomic mass is 16.5. The summed E-state index contributed by atoms with van der Waals surface area (Å²) >= 11 is 0. The van der Waals surface area contributed by atoms with Gasteiger partial charge in [-0.15, -0.1) is 0 Å². The summed E-state index contributed by atoms with van der Waals surface area (Å²) < 4.78 is 6.83. The van der Waals surface area contributed by atoms with Crippen LogP contribution >= 0.6 is 0 Å². The summed E-state index contributed by atoms with van der Waals surface area (Å²) in [4.78, 5) is 2.48. The Morgan fingerprint density at radius 1 is 0.271 bits per heavy atom. The number of hydrogen-bond acceptors (Lipinski definition) is 2. The first-order valence-corrected chi connectivity index (χ1v) is 24.5. The molecule has 0 aromatic heterocycles. The number of fused-ring (bicyclic) bond motifs is 21. The molecule has 11 aromatic rings. The smallest absolute Gasteiger partial charge is 0.135 e. The first kappa shape index (κ1) is 39.3. The molecule has 0 amide bonds. The second kappa shape index (κ2) is 14.4. The molecule has 1 heterocycles. The first-order valence-electron chi connectivity index (χ1n) is 24.5. The summed E-state index contributed by atoms with van der Waals surface area (Å²) in [6.07, 6.45) is 0. The van der Waals surface area contributed by atoms with E-state index in [0.29, 0.717) is 0 Å². The number of ether oxygens (including phenoxy) is 1. The van der Waals surface area contributed by atoms with Crippen LogP contribution in [0.1, 0.15) is 47.2 Å². The van der Waals surface area contributed by atoms with E-state index in [2.05, 4.69) is 255 Å². The van der Waals surface area contributed by atoms with E-state index in [1.807, 2.05) is 0 Å². The lowest BCUT2D eigenvalue weighted by Gasteiger charge is -2.36. The van der Waals surface area contributed by atoms with Crippen LogP contribution in [0.2, 0.25) is 0 Å². The maximum atomic E-state index is 6.83. The van der Waals surface area contributed by atoms with Gasteiger partial charge >= 0.3 is 0 Å². The molecule has 0 bridgehead atoms. The van der Waals surface area contributed by atoms with Crippen molar-refractivity contribution < 1.29 is 4.74 Å². The predicted molar refractivity (Wildman–Crippen MR) is 289 cm³/mol. The molecule has 0 N–H and O–H groups in total. The van der Waals surface area contributed by atoms with Gasteiger partial charge in [0.05, 0.1) is 5.41 Å². The molecule has 3 aliphatic carbocycles. The van der Waals surface area contributed by atoms with Crippen molar-refractivity contribution in [2.45, 2.75) is 24.7 Å². The lowest BCUT2D eigenvalue weighted by molar-refractivity contribution is 0.488. The zero-order valence-electron chi connectivity index (χ0n) is 38.9. The Morgan fingerprint density at radius 3 is 1.39 bits per heavy atom. The lowest BCUT2D eigenvalue weighted by atomic mass is 9.65. The Hall–Kier alpha value is -8.72. The van der Waals surface area contributed by atoms with Gasteiger partial charge in [0.2, 0.25) is 0 Å². The molecule has 0 radical (unpaired) electrons. The molecule has 0 fully saturated rings. The zero-order valence-corrected chi connectivity index (χ0v) is 38.9. The van der Waals surface area contributed by atoms with Gasteiger partial charge in [0.25, 0.3) is 0 Å². The van der Waals surface area contributed by atoms with Crippen LogP contribution in [0.4, 0.5) is 17.1 Å². The second-order valence-corrected chi connectivity index (χ2v) is 19.9.